The molecule has 5 fully saturated rings. The Labute approximate surface area is 308 Å². The smallest absolute Gasteiger partial charge is 0.351 e. The highest BCUT2D eigenvalue weighted by Crippen LogP contribution is 2.85. The molecular weight excluding hydrogens is 775 g/mol. The van der Waals surface area contributed by atoms with Crippen molar-refractivity contribution in [2.45, 2.75) is 56.8 Å². The molecule has 0 amide bonds. The second-order valence-electron chi connectivity index (χ2n) is 14.0. The summed E-state index contributed by atoms with van der Waals surface area (Å²) < 4.78 is 71.0. The lowest BCUT2D eigenvalue weighted by atomic mass is 10.1. The molecule has 276 valence electrons. The maximum absolute atomic E-state index is 7.96. The largest absolute Gasteiger partial charge is 0.430 e. The SMILES string of the molecule is Cl[P@@]12=NP34=N[P@](Cl)(=NP(N5CCC6(CC5)OCCO6)(N5CCC6(CC5)OCCO6)=N1)Oc1ccccc1CN3CCCN4Cc1ccccc1O2. The van der Waals surface area contributed by atoms with Gasteiger partial charge in [-0.25, -0.2) is 18.7 Å². The van der Waals surface area contributed by atoms with Crippen LogP contribution in [0.5, 0.6) is 11.5 Å². The van der Waals surface area contributed by atoms with E-state index < -0.39 is 40.2 Å². The number of para-hydroxylation sites is 2. The van der Waals surface area contributed by atoms with Crippen LogP contribution in [-0.4, -0.2) is 96.0 Å². The van der Waals surface area contributed by atoms with Crippen LogP contribution in [0.3, 0.4) is 0 Å². The highest BCUT2D eigenvalue weighted by atomic mass is 35.7. The fourth-order valence-electron chi connectivity index (χ4n) is 8.47. The van der Waals surface area contributed by atoms with Crippen LogP contribution in [-0.2, 0) is 32.0 Å². The molecule has 8 aliphatic heterocycles. The molecule has 10 rings (SSSR count). The summed E-state index contributed by atoms with van der Waals surface area (Å²) in [5.74, 6) is 0.166. The van der Waals surface area contributed by atoms with Crippen molar-refractivity contribution >= 4 is 51.1 Å². The Morgan fingerprint density at radius 3 is 1.33 bits per heavy atom. The van der Waals surface area contributed by atoms with Gasteiger partial charge in [0.05, 0.1) is 26.4 Å². The number of fused-ring (bicyclic) bond motifs is 3. The molecule has 5 saturated heterocycles. The van der Waals surface area contributed by atoms with Gasteiger partial charge in [0.15, 0.2) is 11.6 Å². The van der Waals surface area contributed by atoms with Gasteiger partial charge in [0.25, 0.3) is 0 Å². The molecular formula is C31H42Cl2N8O6P4. The third-order valence-electron chi connectivity index (χ3n) is 11.0. The number of halogens is 2. The lowest BCUT2D eigenvalue weighted by molar-refractivity contribution is -0.182. The van der Waals surface area contributed by atoms with Gasteiger partial charge in [-0.1, -0.05) is 36.4 Å². The Morgan fingerprint density at radius 1 is 0.510 bits per heavy atom. The first kappa shape index (κ1) is 34.7. The van der Waals surface area contributed by atoms with E-state index >= 15 is 0 Å². The normalized spacial score (nSPS) is 35.7. The fourth-order valence-corrected chi connectivity index (χ4v) is 27.5. The van der Waals surface area contributed by atoms with E-state index in [1.807, 2.05) is 36.4 Å². The van der Waals surface area contributed by atoms with E-state index in [4.69, 9.17) is 68.5 Å². The van der Waals surface area contributed by atoms with Crippen LogP contribution in [0.2, 0.25) is 0 Å². The quantitative estimate of drug-likeness (QED) is 0.272. The van der Waals surface area contributed by atoms with Crippen LogP contribution in [0.1, 0.15) is 43.2 Å². The van der Waals surface area contributed by atoms with E-state index in [1.165, 1.54) is 0 Å². The second kappa shape index (κ2) is 12.9. The van der Waals surface area contributed by atoms with Gasteiger partial charge >= 0.3 is 13.6 Å². The van der Waals surface area contributed by atoms with Gasteiger partial charge in [-0.2, -0.15) is 18.1 Å². The number of nitrogens with zero attached hydrogens (tertiary/aromatic N) is 8. The van der Waals surface area contributed by atoms with Gasteiger partial charge in [0, 0.05) is 89.2 Å². The third kappa shape index (κ3) is 6.00. The van der Waals surface area contributed by atoms with Crippen molar-refractivity contribution < 1.29 is 28.0 Å². The highest BCUT2D eigenvalue weighted by Gasteiger charge is 2.54. The van der Waals surface area contributed by atoms with E-state index in [2.05, 4.69) is 30.8 Å². The molecule has 8 aliphatic rings. The fraction of sp³-hybridized carbons (Fsp3) is 0.613. The molecule has 0 saturated carbocycles. The van der Waals surface area contributed by atoms with Gasteiger partial charge in [-0.3, -0.25) is 0 Å². The highest BCUT2D eigenvalue weighted by molar-refractivity contribution is 7.98. The van der Waals surface area contributed by atoms with Crippen molar-refractivity contribution in [3.8, 4) is 11.5 Å². The zero-order valence-electron chi connectivity index (χ0n) is 28.2. The summed E-state index contributed by atoms with van der Waals surface area (Å²) in [4.78, 5) is 0. The first-order chi connectivity index (χ1) is 24.7. The second-order valence-corrected chi connectivity index (χ2v) is 26.2. The van der Waals surface area contributed by atoms with Gasteiger partial charge < -0.3 is 28.0 Å². The Morgan fingerprint density at radius 2 is 0.902 bits per heavy atom. The molecule has 3 atom stereocenters. The van der Waals surface area contributed by atoms with Crippen molar-refractivity contribution in [3.05, 3.63) is 59.7 Å². The Kier molecular flexibility index (Phi) is 8.77. The maximum Gasteiger partial charge on any atom is 0.351 e. The molecule has 2 aromatic carbocycles. The summed E-state index contributed by atoms with van der Waals surface area (Å²) in [7, 11) is -6.27. The van der Waals surface area contributed by atoms with Crippen LogP contribution in [0.15, 0.2) is 66.6 Å². The molecule has 0 aliphatic carbocycles. The summed E-state index contributed by atoms with van der Waals surface area (Å²) in [6.45, 7) is 0.443. The average molecular weight is 818 g/mol. The lowest BCUT2D eigenvalue weighted by Gasteiger charge is -2.51. The Bertz CT molecular complexity index is 1890. The first-order valence-corrected chi connectivity index (χ1v) is 26.0. The summed E-state index contributed by atoms with van der Waals surface area (Å²) >= 11 is 15.9. The predicted molar refractivity (Wildman–Crippen MR) is 200 cm³/mol. The molecule has 0 N–H and O–H groups in total. The lowest BCUT2D eigenvalue weighted by Crippen LogP contribution is -2.49. The molecule has 3 spiro atoms. The molecule has 0 aromatic heterocycles. The van der Waals surface area contributed by atoms with Gasteiger partial charge in [-0.05, 0) is 41.0 Å². The van der Waals surface area contributed by atoms with Crippen molar-refractivity contribution in [3.63, 3.8) is 0 Å². The van der Waals surface area contributed by atoms with E-state index in [1.54, 1.807) is 0 Å². The number of rotatable bonds is 2. The van der Waals surface area contributed by atoms with Crippen LogP contribution in [0, 0.1) is 0 Å². The number of hydrogen-bond acceptors (Lipinski definition) is 14. The molecule has 1 unspecified atom stereocenters. The van der Waals surface area contributed by atoms with E-state index in [0.29, 0.717) is 103 Å². The molecule has 0 radical (unpaired) electrons. The molecule has 8 heterocycles. The minimum atomic E-state index is -3.54. The van der Waals surface area contributed by atoms with Crippen LogP contribution < -0.4 is 9.05 Å². The summed E-state index contributed by atoms with van der Waals surface area (Å²) in [6.07, 6.45) is 3.58. The van der Waals surface area contributed by atoms with Gasteiger partial charge in [0.2, 0.25) is 15.0 Å². The summed E-state index contributed by atoms with van der Waals surface area (Å²) in [5.41, 5.74) is 2.05. The van der Waals surface area contributed by atoms with Crippen molar-refractivity contribution in [2.24, 2.45) is 18.1 Å². The summed E-state index contributed by atoms with van der Waals surface area (Å²) in [6, 6.07) is 16.2. The molecule has 20 heteroatoms. The minimum Gasteiger partial charge on any atom is -0.430 e. The minimum absolute atomic E-state index is 0.589. The number of piperidine rings is 2. The average Bonchev–Trinajstić information content (AvgIpc) is 3.76. The number of benzene rings is 2. The first-order valence-electron chi connectivity index (χ1n) is 17.8. The molecule has 51 heavy (non-hydrogen) atoms. The van der Waals surface area contributed by atoms with Crippen LogP contribution >= 0.6 is 51.1 Å². The van der Waals surface area contributed by atoms with E-state index in [-0.39, 0.29) is 0 Å². The van der Waals surface area contributed by atoms with E-state index in [9.17, 15) is 0 Å². The van der Waals surface area contributed by atoms with Crippen molar-refractivity contribution in [2.75, 3.05) is 65.7 Å². The van der Waals surface area contributed by atoms with Gasteiger partial charge in [0.1, 0.15) is 11.5 Å². The topological polar surface area (TPSA) is 118 Å². The molecule has 14 nitrogen and oxygen atoms in total. The zero-order valence-corrected chi connectivity index (χ0v) is 33.3. The van der Waals surface area contributed by atoms with Crippen LogP contribution in [0.4, 0.5) is 0 Å². The Hall–Kier alpha value is -0.780. The van der Waals surface area contributed by atoms with Crippen LogP contribution in [0.25, 0.3) is 0 Å². The zero-order chi connectivity index (χ0) is 34.4. The van der Waals surface area contributed by atoms with Gasteiger partial charge in [-0.15, -0.1) is 0 Å². The molecule has 2 aromatic rings. The molecule has 3 bridgehead atoms. The third-order valence-corrected chi connectivity index (χ3v) is 26.6. The van der Waals surface area contributed by atoms with Crippen molar-refractivity contribution in [1.82, 2.24) is 18.7 Å². The van der Waals surface area contributed by atoms with E-state index in [0.717, 1.165) is 30.6 Å². The maximum atomic E-state index is 7.96. The standard InChI is InChI=1S/C31H42Cl2N8O6P4/c32-48-34-50(38-16-10-30(11-17-38)42-20-21-43-30,39-18-12-31(13-19-39)44-22-23-45-31)35-49(33)37-51(36-48)40(24-26-6-1-3-8-28(26)46-48)14-5-15-41(51)25-27-7-2-4-9-29(27)47-49/h1-4,6-9H,5,10-25H2/t48-,49-,51?/m0/s1. The number of ether oxygens (including phenoxy) is 4. The summed E-state index contributed by atoms with van der Waals surface area (Å²) in [5, 5.41) is 0. The Balaban J connectivity index is 1.23. The van der Waals surface area contributed by atoms with Crippen molar-refractivity contribution in [1.29, 1.82) is 0 Å². The monoisotopic (exact) mass is 816 g/mol. The number of hydrogen-bond donors (Lipinski definition) is 0. The predicted octanol–water partition coefficient (Wildman–Crippen LogP) is 9.13.